The van der Waals surface area contributed by atoms with Gasteiger partial charge in [0.2, 0.25) is 5.91 Å². The maximum atomic E-state index is 11.6. The fraction of sp³-hybridized carbons (Fsp3) is 0.308. The van der Waals surface area contributed by atoms with Crippen molar-refractivity contribution in [3.63, 3.8) is 0 Å². The Hall–Kier alpha value is -1.81. The van der Waals surface area contributed by atoms with E-state index in [-0.39, 0.29) is 12.5 Å². The first-order valence-electron chi connectivity index (χ1n) is 5.75. The monoisotopic (exact) mass is 230 g/mol. The molecule has 2 heterocycles. The Labute approximate surface area is 99.2 Å². The number of aromatic amines is 1. The van der Waals surface area contributed by atoms with Gasteiger partial charge < -0.3 is 14.6 Å². The van der Waals surface area contributed by atoms with Gasteiger partial charge in [0.05, 0.1) is 6.61 Å². The van der Waals surface area contributed by atoms with E-state index in [2.05, 4.69) is 11.1 Å². The van der Waals surface area contributed by atoms with Gasteiger partial charge in [-0.15, -0.1) is 0 Å². The largest absolute Gasteiger partial charge is 0.370 e. The number of hydrogen-bond acceptors (Lipinski definition) is 2. The van der Waals surface area contributed by atoms with Crippen molar-refractivity contribution >= 4 is 16.8 Å². The summed E-state index contributed by atoms with van der Waals surface area (Å²) in [5.74, 6) is 0.0709. The third-order valence-electron chi connectivity index (χ3n) is 3.12. The summed E-state index contributed by atoms with van der Waals surface area (Å²) < 4.78 is 5.12. The summed E-state index contributed by atoms with van der Waals surface area (Å²) >= 11 is 0. The van der Waals surface area contributed by atoms with E-state index in [0.717, 1.165) is 11.1 Å². The molecule has 1 aromatic heterocycles. The van der Waals surface area contributed by atoms with Crippen LogP contribution < -0.4 is 0 Å². The summed E-state index contributed by atoms with van der Waals surface area (Å²) in [7, 11) is 0. The Morgan fingerprint density at radius 1 is 1.35 bits per heavy atom. The highest BCUT2D eigenvalue weighted by molar-refractivity contribution is 5.84. The molecule has 1 aliphatic rings. The number of nitrogens with zero attached hydrogens (tertiary/aromatic N) is 1. The standard InChI is InChI=1S/C13H14N2O2/c16-13-9-17-6-5-15(13)8-10-7-14-12-4-2-1-3-11(10)12/h1-4,7,14H,5-6,8-9H2. The molecule has 1 aromatic carbocycles. The van der Waals surface area contributed by atoms with Crippen molar-refractivity contribution in [2.45, 2.75) is 6.54 Å². The minimum atomic E-state index is 0.0709. The van der Waals surface area contributed by atoms with Crippen molar-refractivity contribution in [3.05, 3.63) is 36.0 Å². The first-order valence-corrected chi connectivity index (χ1v) is 5.75. The fourth-order valence-corrected chi connectivity index (χ4v) is 2.19. The molecule has 1 saturated heterocycles. The zero-order chi connectivity index (χ0) is 11.7. The average molecular weight is 230 g/mol. The predicted octanol–water partition coefficient (Wildman–Crippen LogP) is 1.53. The van der Waals surface area contributed by atoms with Crippen molar-refractivity contribution < 1.29 is 9.53 Å². The number of amides is 1. The molecule has 1 N–H and O–H groups in total. The van der Waals surface area contributed by atoms with Crippen LogP contribution >= 0.6 is 0 Å². The molecule has 88 valence electrons. The van der Waals surface area contributed by atoms with E-state index in [1.54, 1.807) is 0 Å². The molecule has 0 unspecified atom stereocenters. The summed E-state index contributed by atoms with van der Waals surface area (Å²) in [5, 5.41) is 1.19. The molecule has 4 nitrogen and oxygen atoms in total. The lowest BCUT2D eigenvalue weighted by molar-refractivity contribution is -0.143. The number of aromatic nitrogens is 1. The number of benzene rings is 1. The molecule has 17 heavy (non-hydrogen) atoms. The third-order valence-corrected chi connectivity index (χ3v) is 3.12. The first kappa shape index (κ1) is 10.4. The average Bonchev–Trinajstić information content (AvgIpc) is 2.76. The molecule has 3 rings (SSSR count). The molecule has 4 heteroatoms. The molecule has 2 aromatic rings. The van der Waals surface area contributed by atoms with Gasteiger partial charge in [-0.05, 0) is 11.6 Å². The molecular formula is C13H14N2O2. The minimum Gasteiger partial charge on any atom is -0.370 e. The summed E-state index contributed by atoms with van der Waals surface area (Å²) in [6.45, 7) is 2.18. The zero-order valence-corrected chi connectivity index (χ0v) is 9.48. The van der Waals surface area contributed by atoms with E-state index in [0.29, 0.717) is 19.7 Å². The maximum absolute atomic E-state index is 11.6. The van der Waals surface area contributed by atoms with Gasteiger partial charge >= 0.3 is 0 Å². The summed E-state index contributed by atoms with van der Waals surface area (Å²) in [6, 6.07) is 8.13. The number of H-pyrrole nitrogens is 1. The van der Waals surface area contributed by atoms with Crippen LogP contribution in [-0.4, -0.2) is 35.5 Å². The normalized spacial score (nSPS) is 16.7. The molecule has 0 atom stereocenters. The highest BCUT2D eigenvalue weighted by atomic mass is 16.5. The quantitative estimate of drug-likeness (QED) is 0.850. The smallest absolute Gasteiger partial charge is 0.248 e. The van der Waals surface area contributed by atoms with Crippen LogP contribution in [-0.2, 0) is 16.1 Å². The Bertz CT molecular complexity index is 547. The van der Waals surface area contributed by atoms with Gasteiger partial charge in [0.25, 0.3) is 0 Å². The molecule has 0 bridgehead atoms. The van der Waals surface area contributed by atoms with Gasteiger partial charge in [0.1, 0.15) is 6.61 Å². The molecule has 0 radical (unpaired) electrons. The number of carbonyl (C=O) groups excluding carboxylic acids is 1. The van der Waals surface area contributed by atoms with E-state index in [1.807, 2.05) is 29.3 Å². The third kappa shape index (κ3) is 1.91. The molecule has 1 fully saturated rings. The number of fused-ring (bicyclic) bond motifs is 1. The van der Waals surface area contributed by atoms with E-state index in [4.69, 9.17) is 4.74 Å². The highest BCUT2D eigenvalue weighted by Crippen LogP contribution is 2.19. The van der Waals surface area contributed by atoms with E-state index in [1.165, 1.54) is 5.39 Å². The van der Waals surface area contributed by atoms with Crippen LogP contribution in [0.1, 0.15) is 5.56 Å². The number of rotatable bonds is 2. The van der Waals surface area contributed by atoms with E-state index < -0.39 is 0 Å². The van der Waals surface area contributed by atoms with Gasteiger partial charge in [0, 0.05) is 30.2 Å². The van der Waals surface area contributed by atoms with Gasteiger partial charge in [0.15, 0.2) is 0 Å². The summed E-state index contributed by atoms with van der Waals surface area (Å²) in [6.07, 6.45) is 1.98. The number of carbonyl (C=O) groups is 1. The van der Waals surface area contributed by atoms with Crippen molar-refractivity contribution in [1.29, 1.82) is 0 Å². The summed E-state index contributed by atoms with van der Waals surface area (Å²) in [5.41, 5.74) is 2.28. The molecule has 0 spiro atoms. The van der Waals surface area contributed by atoms with Crippen LogP contribution in [0, 0.1) is 0 Å². The molecule has 0 saturated carbocycles. The number of nitrogens with one attached hydrogen (secondary N) is 1. The Balaban J connectivity index is 1.87. The topological polar surface area (TPSA) is 45.3 Å². The Morgan fingerprint density at radius 2 is 2.24 bits per heavy atom. The van der Waals surface area contributed by atoms with Crippen LogP contribution in [0.4, 0.5) is 0 Å². The fourth-order valence-electron chi connectivity index (χ4n) is 2.19. The number of ether oxygens (including phenoxy) is 1. The SMILES string of the molecule is O=C1COCCN1Cc1c[nH]c2ccccc12. The second-order valence-electron chi connectivity index (χ2n) is 4.23. The van der Waals surface area contributed by atoms with Gasteiger partial charge in [-0.3, -0.25) is 4.79 Å². The van der Waals surface area contributed by atoms with E-state index in [9.17, 15) is 4.79 Å². The second kappa shape index (κ2) is 4.22. The van der Waals surface area contributed by atoms with Gasteiger partial charge in [-0.1, -0.05) is 18.2 Å². The highest BCUT2D eigenvalue weighted by Gasteiger charge is 2.19. The van der Waals surface area contributed by atoms with E-state index >= 15 is 0 Å². The zero-order valence-electron chi connectivity index (χ0n) is 9.48. The second-order valence-corrected chi connectivity index (χ2v) is 4.23. The minimum absolute atomic E-state index is 0.0709. The Kier molecular flexibility index (Phi) is 2.57. The van der Waals surface area contributed by atoms with Crippen LogP contribution in [0.3, 0.4) is 0 Å². The van der Waals surface area contributed by atoms with Crippen molar-refractivity contribution in [2.75, 3.05) is 19.8 Å². The van der Waals surface area contributed by atoms with Crippen LogP contribution in [0.25, 0.3) is 10.9 Å². The van der Waals surface area contributed by atoms with Crippen LogP contribution in [0.5, 0.6) is 0 Å². The van der Waals surface area contributed by atoms with Crippen molar-refractivity contribution in [3.8, 4) is 0 Å². The lowest BCUT2D eigenvalue weighted by Crippen LogP contribution is -2.40. The summed E-state index contributed by atoms with van der Waals surface area (Å²) in [4.78, 5) is 16.7. The Morgan fingerprint density at radius 3 is 3.12 bits per heavy atom. The number of morpholine rings is 1. The van der Waals surface area contributed by atoms with Crippen molar-refractivity contribution in [1.82, 2.24) is 9.88 Å². The maximum Gasteiger partial charge on any atom is 0.248 e. The molecule has 0 aliphatic carbocycles. The van der Waals surface area contributed by atoms with Gasteiger partial charge in [-0.2, -0.15) is 0 Å². The predicted molar refractivity (Wildman–Crippen MR) is 64.5 cm³/mol. The lowest BCUT2D eigenvalue weighted by atomic mass is 10.1. The molecular weight excluding hydrogens is 216 g/mol. The van der Waals surface area contributed by atoms with Crippen LogP contribution in [0.2, 0.25) is 0 Å². The van der Waals surface area contributed by atoms with Crippen LogP contribution in [0.15, 0.2) is 30.5 Å². The number of para-hydroxylation sites is 1. The lowest BCUT2D eigenvalue weighted by Gasteiger charge is -2.26. The number of hydrogen-bond donors (Lipinski definition) is 1. The van der Waals surface area contributed by atoms with Gasteiger partial charge in [-0.25, -0.2) is 0 Å². The van der Waals surface area contributed by atoms with Crippen molar-refractivity contribution in [2.24, 2.45) is 0 Å². The molecule has 1 amide bonds. The first-order chi connectivity index (χ1) is 8.34. The molecule has 1 aliphatic heterocycles.